The first-order chi connectivity index (χ1) is 5.36. The van der Waals surface area contributed by atoms with Crippen LogP contribution in [0.25, 0.3) is 0 Å². The van der Waals surface area contributed by atoms with E-state index in [4.69, 9.17) is 0 Å². The zero-order valence-corrected chi connectivity index (χ0v) is 5.87. The van der Waals surface area contributed by atoms with Gasteiger partial charge in [0.05, 0.1) is 0 Å². The van der Waals surface area contributed by atoms with Crippen LogP contribution < -0.4 is 10.6 Å². The van der Waals surface area contributed by atoms with Crippen LogP contribution in [0, 0.1) is 0 Å². The highest BCUT2D eigenvalue weighted by Crippen LogP contribution is 2.13. The lowest BCUT2D eigenvalue weighted by molar-refractivity contribution is -0.563. The molecule has 56 valence electrons. The van der Waals surface area contributed by atoms with Crippen molar-refractivity contribution in [1.82, 2.24) is 4.98 Å². The van der Waals surface area contributed by atoms with Gasteiger partial charge in [-0.3, -0.25) is 10.1 Å². The molecule has 1 aliphatic heterocycles. The number of fused-ring (bicyclic) bond motifs is 1. The van der Waals surface area contributed by atoms with Crippen molar-refractivity contribution in [3.63, 3.8) is 0 Å². The molecule has 0 atom stereocenters. The molecule has 1 aromatic rings. The first-order valence-electron chi connectivity index (χ1n) is 3.44. The van der Waals surface area contributed by atoms with Crippen LogP contribution in [0.3, 0.4) is 0 Å². The third-order valence-electron chi connectivity index (χ3n) is 1.59. The van der Waals surface area contributed by atoms with Gasteiger partial charge in [0, 0.05) is 6.20 Å². The minimum absolute atomic E-state index is 0.0329. The maximum atomic E-state index is 10.9. The molecule has 4 heteroatoms. The second-order valence-corrected chi connectivity index (χ2v) is 2.39. The summed E-state index contributed by atoms with van der Waals surface area (Å²) in [6, 6.07) is 3.65. The molecule has 1 aromatic heterocycles. The van der Waals surface area contributed by atoms with E-state index in [2.05, 4.69) is 10.3 Å². The highest BCUT2D eigenvalue weighted by atomic mass is 16.2. The first kappa shape index (κ1) is 6.30. The molecule has 1 aliphatic rings. The van der Waals surface area contributed by atoms with Crippen LogP contribution >= 0.6 is 0 Å². The summed E-state index contributed by atoms with van der Waals surface area (Å²) in [5.41, 5.74) is 0.809. The fraction of sp³-hybridized carbons (Fsp3) is 0.143. The van der Waals surface area contributed by atoms with E-state index in [9.17, 15) is 4.79 Å². The summed E-state index contributed by atoms with van der Waals surface area (Å²) in [5, 5.41) is 4.55. The van der Waals surface area contributed by atoms with Crippen molar-refractivity contribution in [2.75, 3.05) is 11.9 Å². The van der Waals surface area contributed by atoms with Gasteiger partial charge in [-0.1, -0.05) is 0 Å². The summed E-state index contributed by atoms with van der Waals surface area (Å²) in [6.45, 7) is 0.435. The second kappa shape index (κ2) is 2.32. The van der Waals surface area contributed by atoms with Crippen LogP contribution in [0.15, 0.2) is 18.3 Å². The van der Waals surface area contributed by atoms with Crippen molar-refractivity contribution in [3.8, 4) is 0 Å². The first-order valence-corrected chi connectivity index (χ1v) is 3.44. The number of hydrogen-bond acceptors (Lipinski definition) is 2. The molecule has 4 nitrogen and oxygen atoms in total. The number of aromatic nitrogens is 1. The van der Waals surface area contributed by atoms with Gasteiger partial charge in [0.25, 0.3) is 5.91 Å². The number of rotatable bonds is 0. The highest BCUT2D eigenvalue weighted by Gasteiger charge is 2.17. The van der Waals surface area contributed by atoms with Gasteiger partial charge >= 0.3 is 0 Å². The molecule has 3 N–H and O–H groups in total. The summed E-state index contributed by atoms with van der Waals surface area (Å²) in [6.07, 6.45) is 1.72. The van der Waals surface area contributed by atoms with E-state index in [1.54, 1.807) is 12.3 Å². The van der Waals surface area contributed by atoms with Crippen LogP contribution in [0.2, 0.25) is 0 Å². The third kappa shape index (κ3) is 1.08. The lowest BCUT2D eigenvalue weighted by Crippen LogP contribution is -2.82. The number of nitrogens with zero attached hydrogens (tertiary/aromatic N) is 1. The molecule has 0 fully saturated rings. The molecule has 0 saturated carbocycles. The Hall–Kier alpha value is -1.42. The number of hydrogen-bond donors (Lipinski definition) is 2. The Morgan fingerprint density at radius 3 is 3.45 bits per heavy atom. The number of carbonyl (C=O) groups is 1. The maximum Gasteiger partial charge on any atom is 0.280 e. The van der Waals surface area contributed by atoms with E-state index >= 15 is 0 Å². The largest absolute Gasteiger partial charge is 0.315 e. The molecule has 1 amide bonds. The monoisotopic (exact) mass is 150 g/mol. The Morgan fingerprint density at radius 1 is 1.64 bits per heavy atom. The van der Waals surface area contributed by atoms with Crippen molar-refractivity contribution in [1.29, 1.82) is 0 Å². The van der Waals surface area contributed by atoms with Crippen molar-refractivity contribution in [2.24, 2.45) is 0 Å². The van der Waals surface area contributed by atoms with Crippen LogP contribution in [0.4, 0.5) is 11.5 Å². The lowest BCUT2D eigenvalue weighted by atomic mass is 10.3. The molecule has 0 bridgehead atoms. The average molecular weight is 150 g/mol. The van der Waals surface area contributed by atoms with Crippen LogP contribution in [-0.2, 0) is 4.79 Å². The third-order valence-corrected chi connectivity index (χ3v) is 1.59. The van der Waals surface area contributed by atoms with Crippen LogP contribution in [0.1, 0.15) is 0 Å². The fourth-order valence-corrected chi connectivity index (χ4v) is 1.08. The topological polar surface area (TPSA) is 58.6 Å². The van der Waals surface area contributed by atoms with E-state index in [-0.39, 0.29) is 5.91 Å². The lowest BCUT2D eigenvalue weighted by Gasteiger charge is -2.11. The number of amides is 1. The minimum Gasteiger partial charge on any atom is -0.315 e. The number of anilines is 1. The fourth-order valence-electron chi connectivity index (χ4n) is 1.08. The minimum atomic E-state index is 0.0329. The van der Waals surface area contributed by atoms with Crippen molar-refractivity contribution < 1.29 is 10.1 Å². The van der Waals surface area contributed by atoms with E-state index < -0.39 is 0 Å². The Kier molecular flexibility index (Phi) is 1.33. The number of quaternary nitrogens is 1. The Labute approximate surface area is 63.6 Å². The molecule has 0 saturated heterocycles. The zero-order valence-electron chi connectivity index (χ0n) is 5.87. The van der Waals surface area contributed by atoms with Crippen LogP contribution in [-0.4, -0.2) is 17.4 Å². The van der Waals surface area contributed by atoms with Gasteiger partial charge in [0.1, 0.15) is 5.69 Å². The van der Waals surface area contributed by atoms with Crippen LogP contribution in [0.5, 0.6) is 0 Å². The van der Waals surface area contributed by atoms with Crippen molar-refractivity contribution >= 4 is 17.4 Å². The molecule has 0 aliphatic carbocycles. The molecule has 0 aromatic carbocycles. The standard InChI is InChI=1S/C7H7N3O/c11-6-4-9-7-5(10-6)2-1-3-8-7/h1-3H,4H2,(H,8,9)(H,10,11)/p+1. The van der Waals surface area contributed by atoms with E-state index in [1.165, 1.54) is 0 Å². The second-order valence-electron chi connectivity index (χ2n) is 2.39. The average Bonchev–Trinajstić information content (AvgIpc) is 2.04. The van der Waals surface area contributed by atoms with Gasteiger partial charge in [-0.2, -0.15) is 0 Å². The summed E-state index contributed by atoms with van der Waals surface area (Å²) >= 11 is 0. The molecule has 2 heterocycles. The van der Waals surface area contributed by atoms with Gasteiger partial charge in [-0.05, 0) is 12.1 Å². The normalized spacial score (nSPS) is 15.5. The number of nitrogens with one attached hydrogen (secondary N) is 1. The number of carbonyl (C=O) groups excluding carboxylic acids is 1. The van der Waals surface area contributed by atoms with E-state index in [0.717, 1.165) is 11.5 Å². The van der Waals surface area contributed by atoms with E-state index in [1.807, 2.05) is 11.4 Å². The summed E-state index contributed by atoms with van der Waals surface area (Å²) < 4.78 is 0. The predicted octanol–water partition coefficient (Wildman–Crippen LogP) is -0.771. The zero-order chi connectivity index (χ0) is 7.68. The quantitative estimate of drug-likeness (QED) is 0.510. The molecular formula is C7H8N3O+. The maximum absolute atomic E-state index is 10.9. The molecule has 11 heavy (non-hydrogen) atoms. The summed E-state index contributed by atoms with van der Waals surface area (Å²) in [5.74, 6) is 0.901. The molecular weight excluding hydrogens is 142 g/mol. The van der Waals surface area contributed by atoms with Crippen molar-refractivity contribution in [3.05, 3.63) is 18.3 Å². The Bertz CT molecular complexity index is 297. The SMILES string of the molecule is O=C1C[NH2+]c2ncccc2N1. The summed E-state index contributed by atoms with van der Waals surface area (Å²) in [7, 11) is 0. The van der Waals surface area contributed by atoms with Gasteiger partial charge < -0.3 is 5.32 Å². The summed E-state index contributed by atoms with van der Waals surface area (Å²) in [4.78, 5) is 14.9. The van der Waals surface area contributed by atoms with Crippen molar-refractivity contribution in [2.45, 2.75) is 0 Å². The number of nitrogens with two attached hydrogens (primary N) is 1. The van der Waals surface area contributed by atoms with Gasteiger partial charge in [-0.15, -0.1) is 0 Å². The Balaban J connectivity index is 2.41. The predicted molar refractivity (Wildman–Crippen MR) is 39.3 cm³/mol. The van der Waals surface area contributed by atoms with Gasteiger partial charge in [0.2, 0.25) is 5.82 Å². The molecule has 0 unspecified atom stereocenters. The smallest absolute Gasteiger partial charge is 0.280 e. The van der Waals surface area contributed by atoms with Gasteiger partial charge in [0.15, 0.2) is 6.54 Å². The molecule has 0 radical (unpaired) electrons. The van der Waals surface area contributed by atoms with Gasteiger partial charge in [-0.25, -0.2) is 4.98 Å². The molecule has 0 spiro atoms. The Morgan fingerprint density at radius 2 is 2.55 bits per heavy atom. The molecule has 2 rings (SSSR count). The number of pyridine rings is 1. The van der Waals surface area contributed by atoms with E-state index in [0.29, 0.717) is 6.54 Å². The highest BCUT2D eigenvalue weighted by molar-refractivity contribution is 5.94.